The maximum absolute atomic E-state index is 13.8. The monoisotopic (exact) mass is 388 g/mol. The molecule has 1 nitrogen and oxygen atoms in total. The fourth-order valence-corrected chi connectivity index (χ4v) is 2.44. The van der Waals surface area contributed by atoms with E-state index < -0.39 is 17.4 Å². The molecule has 0 amide bonds. The highest BCUT2D eigenvalue weighted by atomic mass is 79.9. The van der Waals surface area contributed by atoms with E-state index in [0.717, 1.165) is 0 Å². The Balaban J connectivity index is 2.31. The van der Waals surface area contributed by atoms with Gasteiger partial charge in [0.1, 0.15) is 11.6 Å². The molecule has 0 fully saturated rings. The number of ketones is 1. The number of carbonyl (C=O) groups is 1. The molecule has 98 valence electrons. The van der Waals surface area contributed by atoms with Crippen molar-refractivity contribution >= 4 is 37.6 Å². The number of halogens is 4. The van der Waals surface area contributed by atoms with Gasteiger partial charge in [-0.3, -0.25) is 4.79 Å². The van der Waals surface area contributed by atoms with Gasteiger partial charge in [-0.05, 0) is 55.6 Å². The van der Waals surface area contributed by atoms with Gasteiger partial charge in [0.25, 0.3) is 0 Å². The molecule has 0 heterocycles. The van der Waals surface area contributed by atoms with Crippen LogP contribution in [0.1, 0.15) is 15.9 Å². The van der Waals surface area contributed by atoms with E-state index >= 15 is 0 Å². The van der Waals surface area contributed by atoms with E-state index in [9.17, 15) is 13.6 Å². The van der Waals surface area contributed by atoms with Crippen molar-refractivity contribution in [1.29, 1.82) is 0 Å². The van der Waals surface area contributed by atoms with Crippen LogP contribution in [-0.2, 0) is 6.42 Å². The standard InChI is InChI=1S/C14H8Br2F2O/c15-10-5-2-4-9(14(10)18)12(19)7-8-3-1-6-11(17)13(8)16/h1-6H,7H2. The predicted molar refractivity (Wildman–Crippen MR) is 76.2 cm³/mol. The van der Waals surface area contributed by atoms with Crippen LogP contribution in [0.2, 0.25) is 0 Å². The fraction of sp³-hybridized carbons (Fsp3) is 0.0714. The number of hydrogen-bond donors (Lipinski definition) is 0. The van der Waals surface area contributed by atoms with Crippen molar-refractivity contribution in [3.63, 3.8) is 0 Å². The van der Waals surface area contributed by atoms with Gasteiger partial charge in [0.05, 0.1) is 14.5 Å². The summed E-state index contributed by atoms with van der Waals surface area (Å²) in [7, 11) is 0. The lowest BCUT2D eigenvalue weighted by Crippen LogP contribution is -2.07. The Hall–Kier alpha value is -1.07. The molecule has 0 saturated heterocycles. The highest BCUT2D eigenvalue weighted by Gasteiger charge is 2.16. The third-order valence-corrected chi connectivity index (χ3v) is 4.14. The molecule has 2 rings (SSSR count). The lowest BCUT2D eigenvalue weighted by molar-refractivity contribution is 0.0988. The molecule has 0 spiro atoms. The summed E-state index contributed by atoms with van der Waals surface area (Å²) >= 11 is 6.11. The van der Waals surface area contributed by atoms with Gasteiger partial charge in [-0.25, -0.2) is 8.78 Å². The van der Waals surface area contributed by atoms with Crippen LogP contribution in [0.5, 0.6) is 0 Å². The first kappa shape index (κ1) is 14.3. The van der Waals surface area contributed by atoms with E-state index in [1.807, 2.05) is 0 Å². The summed E-state index contributed by atoms with van der Waals surface area (Å²) in [6.45, 7) is 0. The second-order valence-electron chi connectivity index (χ2n) is 3.91. The number of rotatable bonds is 3. The zero-order chi connectivity index (χ0) is 14.0. The van der Waals surface area contributed by atoms with Gasteiger partial charge in [-0.15, -0.1) is 0 Å². The van der Waals surface area contributed by atoms with Crippen molar-refractivity contribution < 1.29 is 13.6 Å². The minimum Gasteiger partial charge on any atom is -0.294 e. The van der Waals surface area contributed by atoms with Gasteiger partial charge >= 0.3 is 0 Å². The first-order chi connectivity index (χ1) is 9.00. The molecule has 0 aliphatic carbocycles. The van der Waals surface area contributed by atoms with Gasteiger partial charge in [-0.1, -0.05) is 18.2 Å². The Morgan fingerprint density at radius 1 is 1.05 bits per heavy atom. The molecular weight excluding hydrogens is 382 g/mol. The van der Waals surface area contributed by atoms with E-state index in [1.165, 1.54) is 24.3 Å². The van der Waals surface area contributed by atoms with Gasteiger partial charge in [0.2, 0.25) is 0 Å². The molecule has 0 unspecified atom stereocenters. The Morgan fingerprint density at radius 2 is 1.74 bits per heavy atom. The van der Waals surface area contributed by atoms with E-state index in [1.54, 1.807) is 12.1 Å². The van der Waals surface area contributed by atoms with Crippen molar-refractivity contribution in [1.82, 2.24) is 0 Å². The van der Waals surface area contributed by atoms with Gasteiger partial charge in [-0.2, -0.15) is 0 Å². The van der Waals surface area contributed by atoms with Crippen molar-refractivity contribution in [2.45, 2.75) is 6.42 Å². The number of Topliss-reactive ketones (excluding diaryl/α,β-unsaturated/α-hetero) is 1. The molecule has 0 bridgehead atoms. The fourth-order valence-electron chi connectivity index (χ4n) is 1.67. The largest absolute Gasteiger partial charge is 0.294 e. The summed E-state index contributed by atoms with van der Waals surface area (Å²) in [6, 6.07) is 8.94. The zero-order valence-electron chi connectivity index (χ0n) is 9.59. The molecule has 5 heteroatoms. The Bertz CT molecular complexity index is 641. The van der Waals surface area contributed by atoms with Crippen molar-refractivity contribution in [2.75, 3.05) is 0 Å². The Labute approximate surface area is 125 Å². The number of benzene rings is 2. The molecule has 19 heavy (non-hydrogen) atoms. The molecule has 0 aliphatic heterocycles. The molecule has 0 saturated carbocycles. The maximum Gasteiger partial charge on any atom is 0.170 e. The van der Waals surface area contributed by atoms with Crippen LogP contribution < -0.4 is 0 Å². The highest BCUT2D eigenvalue weighted by Crippen LogP contribution is 2.24. The van der Waals surface area contributed by atoms with Crippen molar-refractivity contribution in [3.8, 4) is 0 Å². The van der Waals surface area contributed by atoms with Gasteiger partial charge in [0.15, 0.2) is 5.78 Å². The second-order valence-corrected chi connectivity index (χ2v) is 5.56. The molecule has 0 aliphatic rings. The normalized spacial score (nSPS) is 10.5. The third-order valence-electron chi connectivity index (χ3n) is 2.63. The summed E-state index contributed by atoms with van der Waals surface area (Å²) in [4.78, 5) is 12.0. The van der Waals surface area contributed by atoms with Crippen LogP contribution in [0.25, 0.3) is 0 Å². The van der Waals surface area contributed by atoms with Gasteiger partial charge in [0, 0.05) is 6.42 Å². The van der Waals surface area contributed by atoms with Crippen LogP contribution in [0.3, 0.4) is 0 Å². The quantitative estimate of drug-likeness (QED) is 0.681. The summed E-state index contributed by atoms with van der Waals surface area (Å²) in [5.41, 5.74) is 0.481. The Kier molecular flexibility index (Phi) is 4.47. The molecule has 0 atom stereocenters. The minimum absolute atomic E-state index is 0.00876. The summed E-state index contributed by atoms with van der Waals surface area (Å²) in [5, 5.41) is 0. The van der Waals surface area contributed by atoms with E-state index in [4.69, 9.17) is 0 Å². The molecule has 0 aromatic heterocycles. The first-order valence-corrected chi connectivity index (χ1v) is 6.99. The topological polar surface area (TPSA) is 17.1 Å². The van der Waals surface area contributed by atoms with Crippen LogP contribution in [0, 0.1) is 11.6 Å². The lowest BCUT2D eigenvalue weighted by atomic mass is 10.0. The van der Waals surface area contributed by atoms with Crippen molar-refractivity contribution in [2.24, 2.45) is 0 Å². The molecule has 0 radical (unpaired) electrons. The Morgan fingerprint density at radius 3 is 2.47 bits per heavy atom. The van der Waals surface area contributed by atoms with E-state index in [0.29, 0.717) is 5.56 Å². The summed E-state index contributed by atoms with van der Waals surface area (Å²) in [5.74, 6) is -1.44. The predicted octanol–water partition coefficient (Wildman–Crippen LogP) is 4.92. The molecule has 2 aromatic carbocycles. The lowest BCUT2D eigenvalue weighted by Gasteiger charge is -2.06. The first-order valence-electron chi connectivity index (χ1n) is 5.41. The van der Waals surface area contributed by atoms with Crippen LogP contribution in [0.15, 0.2) is 45.3 Å². The van der Waals surface area contributed by atoms with Crippen LogP contribution >= 0.6 is 31.9 Å². The maximum atomic E-state index is 13.8. The third kappa shape index (κ3) is 3.09. The van der Waals surface area contributed by atoms with Crippen molar-refractivity contribution in [3.05, 3.63) is 68.1 Å². The average Bonchev–Trinajstić information content (AvgIpc) is 2.38. The summed E-state index contributed by atoms with van der Waals surface area (Å²) < 4.78 is 27.6. The highest BCUT2D eigenvalue weighted by molar-refractivity contribution is 9.10. The van der Waals surface area contributed by atoms with Crippen LogP contribution in [-0.4, -0.2) is 5.78 Å². The zero-order valence-corrected chi connectivity index (χ0v) is 12.8. The van der Waals surface area contributed by atoms with Gasteiger partial charge < -0.3 is 0 Å². The molecular formula is C14H8Br2F2O. The SMILES string of the molecule is O=C(Cc1cccc(F)c1Br)c1cccc(Br)c1F. The summed E-state index contributed by atoms with van der Waals surface area (Å²) in [6.07, 6.45) is -0.0638. The van der Waals surface area contributed by atoms with E-state index in [-0.39, 0.29) is 20.9 Å². The van der Waals surface area contributed by atoms with E-state index in [2.05, 4.69) is 31.9 Å². The molecule has 2 aromatic rings. The molecule has 0 N–H and O–H groups in total. The average molecular weight is 390 g/mol. The smallest absolute Gasteiger partial charge is 0.170 e. The van der Waals surface area contributed by atoms with Crippen LogP contribution in [0.4, 0.5) is 8.78 Å². The minimum atomic E-state index is -0.597. The number of carbonyl (C=O) groups excluding carboxylic acids is 1. The second kappa shape index (κ2) is 5.92. The number of hydrogen-bond acceptors (Lipinski definition) is 1.